The molecule has 1 aromatic carbocycles. The van der Waals surface area contributed by atoms with E-state index < -0.39 is 0 Å². The summed E-state index contributed by atoms with van der Waals surface area (Å²) < 4.78 is 6.24. The molecule has 0 unspecified atom stereocenters. The van der Waals surface area contributed by atoms with Gasteiger partial charge in [-0.1, -0.05) is 22.0 Å². The first-order chi connectivity index (χ1) is 11.6. The van der Waals surface area contributed by atoms with Crippen LogP contribution >= 0.6 is 15.9 Å². The maximum Gasteiger partial charge on any atom is 0.322 e. The molecule has 0 aromatic heterocycles. The summed E-state index contributed by atoms with van der Waals surface area (Å²) in [4.78, 5) is 28.8. The fraction of sp³-hybridized carbons (Fsp3) is 0.529. The number of likely N-dealkylation sites (tertiary alicyclic amines) is 1. The molecule has 0 aliphatic carbocycles. The Morgan fingerprint density at radius 2 is 2.00 bits per heavy atom. The number of benzene rings is 1. The van der Waals surface area contributed by atoms with Gasteiger partial charge in [-0.05, 0) is 37.5 Å². The largest absolute Gasteiger partial charge is 0.378 e. The molecule has 1 aromatic rings. The number of ether oxygens (including phenoxy) is 1. The third-order valence-corrected chi connectivity index (χ3v) is 5.40. The van der Waals surface area contributed by atoms with E-state index in [1.807, 2.05) is 30.0 Å². The number of nitrogens with one attached hydrogen (secondary N) is 1. The van der Waals surface area contributed by atoms with E-state index >= 15 is 0 Å². The van der Waals surface area contributed by atoms with Crippen LogP contribution < -0.4 is 5.32 Å². The third-order valence-electron chi connectivity index (χ3n) is 4.54. The highest BCUT2D eigenvalue weighted by molar-refractivity contribution is 9.10. The van der Waals surface area contributed by atoms with Gasteiger partial charge in [0, 0.05) is 29.8 Å². The Kier molecular flexibility index (Phi) is 5.40. The molecule has 2 aliphatic heterocycles. The molecule has 0 spiro atoms. The van der Waals surface area contributed by atoms with E-state index in [1.165, 1.54) is 0 Å². The van der Waals surface area contributed by atoms with Gasteiger partial charge >= 0.3 is 6.03 Å². The number of halogens is 1. The van der Waals surface area contributed by atoms with Crippen LogP contribution in [0.4, 0.5) is 10.5 Å². The van der Waals surface area contributed by atoms with E-state index in [9.17, 15) is 9.59 Å². The van der Waals surface area contributed by atoms with Gasteiger partial charge in [-0.15, -0.1) is 0 Å². The molecule has 3 amide bonds. The first-order valence-electron chi connectivity index (χ1n) is 8.26. The Labute approximate surface area is 150 Å². The number of amides is 3. The zero-order chi connectivity index (χ0) is 17.1. The molecule has 0 radical (unpaired) electrons. The normalized spacial score (nSPS) is 21.0. The summed E-state index contributed by atoms with van der Waals surface area (Å²) >= 11 is 3.47. The van der Waals surface area contributed by atoms with Crippen LogP contribution in [0.3, 0.4) is 0 Å². The minimum Gasteiger partial charge on any atom is -0.378 e. The first kappa shape index (κ1) is 17.2. The summed E-state index contributed by atoms with van der Waals surface area (Å²) in [7, 11) is 0. The zero-order valence-electron chi connectivity index (χ0n) is 13.8. The van der Waals surface area contributed by atoms with Gasteiger partial charge in [0.25, 0.3) is 0 Å². The van der Waals surface area contributed by atoms with Gasteiger partial charge in [0.05, 0.1) is 13.2 Å². The quantitative estimate of drug-likeness (QED) is 0.836. The number of nitrogens with zero attached hydrogens (tertiary/aromatic N) is 2. The Bertz CT molecular complexity index is 632. The van der Waals surface area contributed by atoms with Crippen molar-refractivity contribution in [2.45, 2.75) is 25.8 Å². The average molecular weight is 396 g/mol. The highest BCUT2D eigenvalue weighted by Gasteiger charge is 2.37. The standard InChI is InChI=1S/C17H22BrN3O3/c1-12-4-5-13(11-14(12)18)19-17(23)21-6-2-3-15(21)16(22)20-7-9-24-10-8-20/h4-5,11,15H,2-3,6-10H2,1H3,(H,19,23)/t15-/m0/s1. The van der Waals surface area contributed by atoms with Crippen molar-refractivity contribution in [3.8, 4) is 0 Å². The van der Waals surface area contributed by atoms with Gasteiger partial charge in [0.1, 0.15) is 6.04 Å². The van der Waals surface area contributed by atoms with Crippen LogP contribution in [0, 0.1) is 6.92 Å². The second-order valence-electron chi connectivity index (χ2n) is 6.18. The lowest BCUT2D eigenvalue weighted by Crippen LogP contribution is -2.51. The fourth-order valence-corrected chi connectivity index (χ4v) is 3.51. The van der Waals surface area contributed by atoms with E-state index in [4.69, 9.17) is 4.74 Å². The maximum absolute atomic E-state index is 12.7. The van der Waals surface area contributed by atoms with Crippen molar-refractivity contribution >= 4 is 33.6 Å². The van der Waals surface area contributed by atoms with E-state index in [-0.39, 0.29) is 18.0 Å². The molecule has 7 heteroatoms. The van der Waals surface area contributed by atoms with E-state index in [0.29, 0.717) is 32.8 Å². The number of hydrogen-bond donors (Lipinski definition) is 1. The summed E-state index contributed by atoms with van der Waals surface area (Å²) in [5.41, 5.74) is 1.83. The second kappa shape index (κ2) is 7.53. The molecule has 0 bridgehead atoms. The van der Waals surface area contributed by atoms with Crippen LogP contribution in [-0.4, -0.2) is 60.6 Å². The minimum atomic E-state index is -0.364. The lowest BCUT2D eigenvalue weighted by Gasteiger charge is -2.32. The van der Waals surface area contributed by atoms with Gasteiger partial charge in [-0.2, -0.15) is 0 Å². The third kappa shape index (κ3) is 3.72. The summed E-state index contributed by atoms with van der Waals surface area (Å²) in [6.07, 6.45) is 1.58. The van der Waals surface area contributed by atoms with Gasteiger partial charge in [-0.3, -0.25) is 4.79 Å². The number of hydrogen-bond acceptors (Lipinski definition) is 3. The highest BCUT2D eigenvalue weighted by Crippen LogP contribution is 2.24. The lowest BCUT2D eigenvalue weighted by atomic mass is 10.2. The number of rotatable bonds is 2. The number of aryl methyl sites for hydroxylation is 1. The SMILES string of the molecule is Cc1ccc(NC(=O)N2CCC[C@H]2C(=O)N2CCOCC2)cc1Br. The van der Waals surface area contributed by atoms with Crippen LogP contribution in [0.5, 0.6) is 0 Å². The lowest BCUT2D eigenvalue weighted by molar-refractivity contribution is -0.139. The summed E-state index contributed by atoms with van der Waals surface area (Å²) in [6.45, 7) is 4.96. The van der Waals surface area contributed by atoms with Gasteiger partial charge in [-0.25, -0.2) is 4.79 Å². The Morgan fingerprint density at radius 3 is 2.71 bits per heavy atom. The number of morpholine rings is 1. The maximum atomic E-state index is 12.7. The molecular formula is C17H22BrN3O3. The second-order valence-corrected chi connectivity index (χ2v) is 7.04. The van der Waals surface area contributed by atoms with Crippen molar-refractivity contribution in [1.82, 2.24) is 9.80 Å². The van der Waals surface area contributed by atoms with Gasteiger partial charge < -0.3 is 19.9 Å². The summed E-state index contributed by atoms with van der Waals surface area (Å²) in [5, 5.41) is 2.90. The van der Waals surface area contributed by atoms with Crippen molar-refractivity contribution in [3.05, 3.63) is 28.2 Å². The number of urea groups is 1. The van der Waals surface area contributed by atoms with E-state index in [1.54, 1.807) is 4.90 Å². The fourth-order valence-electron chi connectivity index (χ4n) is 3.13. The zero-order valence-corrected chi connectivity index (χ0v) is 15.3. The summed E-state index contributed by atoms with van der Waals surface area (Å²) in [5.74, 6) is 0.0380. The Hall–Kier alpha value is -1.60. The minimum absolute atomic E-state index is 0.0380. The molecule has 24 heavy (non-hydrogen) atoms. The van der Waals surface area contributed by atoms with Crippen LogP contribution in [0.15, 0.2) is 22.7 Å². The molecular weight excluding hydrogens is 374 g/mol. The predicted molar refractivity (Wildman–Crippen MR) is 95.0 cm³/mol. The molecule has 1 atom stereocenters. The molecule has 130 valence electrons. The molecule has 2 aliphatic rings. The van der Waals surface area contributed by atoms with E-state index in [2.05, 4.69) is 21.2 Å². The van der Waals surface area contributed by atoms with Crippen molar-refractivity contribution in [2.75, 3.05) is 38.2 Å². The molecule has 2 fully saturated rings. The van der Waals surface area contributed by atoms with Crippen LogP contribution in [0.25, 0.3) is 0 Å². The van der Waals surface area contributed by atoms with Crippen LogP contribution in [0.1, 0.15) is 18.4 Å². The van der Waals surface area contributed by atoms with E-state index in [0.717, 1.165) is 28.6 Å². The molecule has 6 nitrogen and oxygen atoms in total. The number of anilines is 1. The number of carbonyl (C=O) groups is 2. The van der Waals surface area contributed by atoms with Crippen molar-refractivity contribution in [3.63, 3.8) is 0 Å². The highest BCUT2D eigenvalue weighted by atomic mass is 79.9. The summed E-state index contributed by atoms with van der Waals surface area (Å²) in [6, 6.07) is 5.11. The van der Waals surface area contributed by atoms with Crippen molar-refractivity contribution < 1.29 is 14.3 Å². The monoisotopic (exact) mass is 395 g/mol. The molecule has 1 N–H and O–H groups in total. The number of carbonyl (C=O) groups excluding carboxylic acids is 2. The molecule has 0 saturated carbocycles. The first-order valence-corrected chi connectivity index (χ1v) is 9.06. The predicted octanol–water partition coefficient (Wildman–Crippen LogP) is 2.61. The van der Waals surface area contributed by atoms with Crippen LogP contribution in [0.2, 0.25) is 0 Å². The smallest absolute Gasteiger partial charge is 0.322 e. The molecule has 2 heterocycles. The molecule has 2 saturated heterocycles. The Morgan fingerprint density at radius 1 is 1.25 bits per heavy atom. The van der Waals surface area contributed by atoms with Gasteiger partial charge in [0.2, 0.25) is 5.91 Å². The van der Waals surface area contributed by atoms with Gasteiger partial charge in [0.15, 0.2) is 0 Å². The van der Waals surface area contributed by atoms with Crippen molar-refractivity contribution in [2.24, 2.45) is 0 Å². The molecule has 3 rings (SSSR count). The topological polar surface area (TPSA) is 61.9 Å². The van der Waals surface area contributed by atoms with Crippen molar-refractivity contribution in [1.29, 1.82) is 0 Å². The average Bonchev–Trinajstić information content (AvgIpc) is 3.08. The Balaban J connectivity index is 1.66. The van der Waals surface area contributed by atoms with Crippen LogP contribution in [-0.2, 0) is 9.53 Å².